The van der Waals surface area contributed by atoms with Crippen LogP contribution in [0.2, 0.25) is 0 Å². The fourth-order valence-electron chi connectivity index (χ4n) is 6.65. The second-order valence-electron chi connectivity index (χ2n) is 15.6. The predicted octanol–water partition coefficient (Wildman–Crippen LogP) is -0.0319. The Balaban J connectivity index is -0.00000600. The van der Waals surface area contributed by atoms with E-state index in [-0.39, 0.29) is 153 Å². The summed E-state index contributed by atoms with van der Waals surface area (Å²) in [5, 5.41) is 0. The van der Waals surface area contributed by atoms with Gasteiger partial charge in [-0.1, -0.05) is 154 Å². The summed E-state index contributed by atoms with van der Waals surface area (Å²) in [5.74, 6) is -1.20. The largest absolute Gasteiger partial charge is 1.00 e. The van der Waals surface area contributed by atoms with E-state index >= 15 is 0 Å². The molecule has 2 unspecified atom stereocenters. The van der Waals surface area contributed by atoms with Gasteiger partial charge in [-0.15, -0.1) is 0 Å². The maximum absolute atomic E-state index is 12.7. The Morgan fingerprint density at radius 2 is 0.656 bits per heavy atom. The molecule has 22 heteroatoms. The molecule has 0 N–H and O–H groups in total. The van der Waals surface area contributed by atoms with Crippen LogP contribution < -0.4 is 88.7 Å². The van der Waals surface area contributed by atoms with Crippen LogP contribution in [0.1, 0.15) is 212 Å². The van der Waals surface area contributed by atoms with Crippen molar-refractivity contribution in [1.29, 1.82) is 0 Å². The van der Waals surface area contributed by atoms with Crippen LogP contribution in [-0.4, -0.2) is 87.5 Å². The molecule has 0 saturated carbocycles. The second-order valence-corrected chi connectivity index (χ2v) is 18.0. The molecule has 0 bridgehead atoms. The average molecular weight is 1000 g/mol. The molecule has 0 saturated heterocycles. The molecular weight excluding hydrogens is 926 g/mol. The number of carbonyl (C=O) groups is 3. The number of carbonyl (C=O) groups excluding carboxylic acids is 3. The van der Waals surface area contributed by atoms with Crippen molar-refractivity contribution in [3.8, 4) is 0 Å². The first-order valence-electron chi connectivity index (χ1n) is 22.9. The number of rotatable bonds is 47. The summed E-state index contributed by atoms with van der Waals surface area (Å²) in [4.78, 5) is 37.7. The van der Waals surface area contributed by atoms with Gasteiger partial charge in [-0.25, -0.2) is 16.8 Å². The first-order valence-corrected chi connectivity index (χ1v) is 26.3. The summed E-state index contributed by atoms with van der Waals surface area (Å²) in [5.41, 5.74) is 0. The van der Waals surface area contributed by atoms with E-state index in [0.717, 1.165) is 167 Å². The summed E-state index contributed by atoms with van der Waals surface area (Å²) in [7, 11) is -4.62. The molecule has 0 aromatic rings. The molecule has 0 fully saturated rings. The van der Waals surface area contributed by atoms with Crippen molar-refractivity contribution < 1.29 is 160 Å². The van der Waals surface area contributed by atoms with Gasteiger partial charge in [-0.3, -0.25) is 18.6 Å². The van der Waals surface area contributed by atoms with Gasteiger partial charge in [0.2, 0.25) is 10.4 Å². The zero-order valence-electron chi connectivity index (χ0n) is 39.7. The third-order valence-electron chi connectivity index (χ3n) is 10.1. The minimum Gasteiger partial charge on any atom is -0.750 e. The van der Waals surface area contributed by atoms with Gasteiger partial charge in [0.25, 0.3) is 0 Å². The fourth-order valence-corrected chi connectivity index (χ4v) is 7.48. The van der Waals surface area contributed by atoms with Gasteiger partial charge in [-0.05, 0) is 38.5 Å². The van der Waals surface area contributed by atoms with Crippen molar-refractivity contribution in [2.45, 2.75) is 218 Å². The SMILES string of the molecule is O=C(CCCCCCCCCCCCOS(=O)[O-])OCC(COC(=O)CCCCCCCCCCCCOS(=O)[O-])OC(=O)CCCCCCCCCCCCOS(=O)(=O)[O-].[Na+].[Na+].[Na+]. The van der Waals surface area contributed by atoms with Gasteiger partial charge >= 0.3 is 107 Å². The number of esters is 3. The summed E-state index contributed by atoms with van der Waals surface area (Å²) in [6, 6.07) is 0. The van der Waals surface area contributed by atoms with Gasteiger partial charge < -0.3 is 36.2 Å². The molecule has 0 aliphatic carbocycles. The van der Waals surface area contributed by atoms with Crippen molar-refractivity contribution in [3.63, 3.8) is 0 Å². The minimum absolute atomic E-state index is 0. The molecule has 0 spiro atoms. The molecule has 0 rings (SSSR count). The average Bonchev–Trinajstić information content (AvgIpc) is 3.20. The van der Waals surface area contributed by atoms with Crippen molar-refractivity contribution in [2.24, 2.45) is 0 Å². The van der Waals surface area contributed by atoms with E-state index < -0.39 is 45.2 Å². The Morgan fingerprint density at radius 1 is 0.406 bits per heavy atom. The van der Waals surface area contributed by atoms with E-state index in [9.17, 15) is 44.9 Å². The van der Waals surface area contributed by atoms with E-state index in [1.165, 1.54) is 0 Å². The van der Waals surface area contributed by atoms with E-state index in [2.05, 4.69) is 12.5 Å². The number of unbranched alkanes of at least 4 members (excludes halogenated alkanes) is 27. The molecule has 0 radical (unpaired) electrons. The Hall–Kier alpha value is 1.42. The molecule has 16 nitrogen and oxygen atoms in total. The van der Waals surface area contributed by atoms with Gasteiger partial charge in [0.1, 0.15) is 13.2 Å². The van der Waals surface area contributed by atoms with Crippen LogP contribution in [0.4, 0.5) is 0 Å². The number of ether oxygens (including phenoxy) is 3. The number of hydrogen-bond acceptors (Lipinski definition) is 16. The van der Waals surface area contributed by atoms with Crippen molar-refractivity contribution >= 4 is 51.0 Å². The molecule has 0 aliphatic heterocycles. The topological polar surface area (TPSA) is 244 Å². The van der Waals surface area contributed by atoms with Crippen LogP contribution in [0.15, 0.2) is 0 Å². The third kappa shape index (κ3) is 59.5. The summed E-state index contributed by atoms with van der Waals surface area (Å²) in [6.45, 7) is 0.0291. The summed E-state index contributed by atoms with van der Waals surface area (Å²) < 4.78 is 102. The zero-order chi connectivity index (χ0) is 45.1. The molecule has 2 atom stereocenters. The number of hydrogen-bond donors (Lipinski definition) is 0. The Kier molecular flexibility index (Phi) is 60.5. The van der Waals surface area contributed by atoms with Crippen LogP contribution >= 0.6 is 0 Å². The second kappa shape index (κ2) is 53.8. The Labute approximate surface area is 457 Å². The van der Waals surface area contributed by atoms with Crippen LogP contribution in [0.3, 0.4) is 0 Å². The molecule has 362 valence electrons. The van der Waals surface area contributed by atoms with Crippen LogP contribution in [0.5, 0.6) is 0 Å². The van der Waals surface area contributed by atoms with Gasteiger partial charge in [0, 0.05) is 19.3 Å². The van der Waals surface area contributed by atoms with Gasteiger partial charge in [-0.2, -0.15) is 0 Å². The monoisotopic (exact) mass is 1000 g/mol. The Morgan fingerprint density at radius 3 is 0.938 bits per heavy atom. The van der Waals surface area contributed by atoms with Crippen LogP contribution in [0, 0.1) is 0 Å². The molecule has 0 heterocycles. The summed E-state index contributed by atoms with van der Waals surface area (Å²) in [6.07, 6.45) is 28.2. The minimum atomic E-state index is -4.62. The maximum atomic E-state index is 12.7. The van der Waals surface area contributed by atoms with Crippen LogP contribution in [-0.2, 0) is 74.3 Å². The predicted molar refractivity (Wildman–Crippen MR) is 230 cm³/mol. The van der Waals surface area contributed by atoms with Gasteiger partial charge in [0.15, 0.2) is 6.10 Å². The van der Waals surface area contributed by atoms with Crippen molar-refractivity contribution in [1.82, 2.24) is 0 Å². The van der Waals surface area contributed by atoms with Gasteiger partial charge in [0.05, 0.1) is 42.5 Å². The van der Waals surface area contributed by atoms with E-state index in [1.54, 1.807) is 0 Å². The smallest absolute Gasteiger partial charge is 0.750 e. The van der Waals surface area contributed by atoms with Crippen molar-refractivity contribution in [3.05, 3.63) is 0 Å². The Bertz CT molecular complexity index is 1180. The molecule has 0 aromatic heterocycles. The standard InChI is InChI=1S/C42H80O16S3.3Na/c43-40(31-25-19-13-7-1-4-10-16-22-28-34-55-59(46)47)53-37-39(38-54-41(44)32-26-20-14-8-2-5-11-17-23-29-35-56-60(48)49)58-42(45)33-27-21-15-9-3-6-12-18-24-30-36-57-61(50,51)52;;;/h39H,1-38H2,(H,46,47)(H,48,49)(H,50,51,52);;;/q;3*+1/p-3. The van der Waals surface area contributed by atoms with Crippen molar-refractivity contribution in [2.75, 3.05) is 33.0 Å². The molecule has 0 aromatic carbocycles. The fraction of sp³-hybridized carbons (Fsp3) is 0.929. The first-order chi connectivity index (χ1) is 29.4. The zero-order valence-corrected chi connectivity index (χ0v) is 48.2. The molecular formula is C42H77Na3O16S3. The van der Waals surface area contributed by atoms with E-state index in [0.29, 0.717) is 25.7 Å². The molecule has 64 heavy (non-hydrogen) atoms. The van der Waals surface area contributed by atoms with E-state index in [4.69, 9.17) is 14.2 Å². The first kappa shape index (κ1) is 72.0. The van der Waals surface area contributed by atoms with Crippen LogP contribution in [0.25, 0.3) is 0 Å². The third-order valence-corrected chi connectivity index (χ3v) is 11.2. The van der Waals surface area contributed by atoms with E-state index in [1.807, 2.05) is 0 Å². The normalized spacial score (nSPS) is 12.5. The maximum Gasteiger partial charge on any atom is 1.00 e. The summed E-state index contributed by atoms with van der Waals surface area (Å²) >= 11 is -4.88. The molecule has 0 amide bonds. The molecule has 0 aliphatic rings. The quantitative estimate of drug-likeness (QED) is 0.0148.